The number of benzene rings is 1. The molecular weight excluding hydrogens is 256 g/mol. The highest BCUT2D eigenvalue weighted by molar-refractivity contribution is 7.15. The van der Waals surface area contributed by atoms with Crippen LogP contribution in [-0.4, -0.2) is 16.6 Å². The van der Waals surface area contributed by atoms with Crippen molar-refractivity contribution in [3.05, 3.63) is 40.4 Å². The first-order valence-corrected chi connectivity index (χ1v) is 7.44. The van der Waals surface area contributed by atoms with Crippen molar-refractivity contribution in [2.45, 2.75) is 33.8 Å². The van der Waals surface area contributed by atoms with E-state index in [1.807, 2.05) is 0 Å². The fourth-order valence-electron chi connectivity index (χ4n) is 2.04. The van der Waals surface area contributed by atoms with Crippen LogP contribution in [0.4, 0.5) is 10.8 Å². The highest BCUT2D eigenvalue weighted by Crippen LogP contribution is 2.32. The van der Waals surface area contributed by atoms with Crippen molar-refractivity contribution in [2.24, 2.45) is 0 Å². The van der Waals surface area contributed by atoms with Gasteiger partial charge in [-0.25, -0.2) is 4.98 Å². The van der Waals surface area contributed by atoms with Gasteiger partial charge in [0.2, 0.25) is 0 Å². The SMILES string of the molecule is CCc1nc(N(CC)c2ccc(C)cc2)sc1CO. The molecule has 2 rings (SSSR count). The third kappa shape index (κ3) is 2.96. The van der Waals surface area contributed by atoms with E-state index in [0.717, 1.165) is 34.4 Å². The summed E-state index contributed by atoms with van der Waals surface area (Å²) in [5.41, 5.74) is 3.41. The summed E-state index contributed by atoms with van der Waals surface area (Å²) in [6, 6.07) is 8.45. The first-order chi connectivity index (χ1) is 9.19. The van der Waals surface area contributed by atoms with Crippen LogP contribution in [0.3, 0.4) is 0 Å². The molecule has 3 nitrogen and oxygen atoms in total. The molecule has 0 aliphatic rings. The average molecular weight is 276 g/mol. The zero-order chi connectivity index (χ0) is 13.8. The van der Waals surface area contributed by atoms with Crippen molar-refractivity contribution in [1.29, 1.82) is 0 Å². The number of aromatic nitrogens is 1. The van der Waals surface area contributed by atoms with Crippen LogP contribution in [0.25, 0.3) is 0 Å². The van der Waals surface area contributed by atoms with Gasteiger partial charge in [0, 0.05) is 12.2 Å². The first kappa shape index (κ1) is 14.0. The molecule has 0 spiro atoms. The van der Waals surface area contributed by atoms with Gasteiger partial charge in [-0.15, -0.1) is 0 Å². The predicted octanol–water partition coefficient (Wildman–Crippen LogP) is 3.66. The van der Waals surface area contributed by atoms with E-state index >= 15 is 0 Å². The number of nitrogens with zero attached hydrogens (tertiary/aromatic N) is 2. The summed E-state index contributed by atoms with van der Waals surface area (Å²) in [5, 5.41) is 10.3. The van der Waals surface area contributed by atoms with Gasteiger partial charge in [-0.2, -0.15) is 0 Å². The van der Waals surface area contributed by atoms with E-state index in [0.29, 0.717) is 0 Å². The molecule has 0 fully saturated rings. The van der Waals surface area contributed by atoms with E-state index in [1.165, 1.54) is 5.56 Å². The van der Waals surface area contributed by atoms with E-state index in [-0.39, 0.29) is 6.61 Å². The maximum absolute atomic E-state index is 9.38. The summed E-state index contributed by atoms with van der Waals surface area (Å²) in [7, 11) is 0. The number of hydrogen-bond acceptors (Lipinski definition) is 4. The number of aliphatic hydroxyl groups is 1. The van der Waals surface area contributed by atoms with Crippen LogP contribution in [0.5, 0.6) is 0 Å². The van der Waals surface area contributed by atoms with Crippen molar-refractivity contribution in [2.75, 3.05) is 11.4 Å². The first-order valence-electron chi connectivity index (χ1n) is 6.63. The average Bonchev–Trinajstić information content (AvgIpc) is 2.85. The second kappa shape index (κ2) is 6.17. The normalized spacial score (nSPS) is 10.7. The number of aryl methyl sites for hydroxylation is 2. The fraction of sp³-hybridized carbons (Fsp3) is 0.400. The van der Waals surface area contributed by atoms with Crippen LogP contribution in [0, 0.1) is 6.92 Å². The number of thiazole rings is 1. The minimum atomic E-state index is 0.0757. The van der Waals surface area contributed by atoms with E-state index in [1.54, 1.807) is 11.3 Å². The van der Waals surface area contributed by atoms with E-state index in [4.69, 9.17) is 0 Å². The molecule has 0 saturated carbocycles. The lowest BCUT2D eigenvalue weighted by molar-refractivity contribution is 0.284. The molecule has 0 aliphatic carbocycles. The Hall–Kier alpha value is -1.39. The lowest BCUT2D eigenvalue weighted by Gasteiger charge is -2.20. The fourth-order valence-corrected chi connectivity index (χ4v) is 3.13. The molecule has 0 atom stereocenters. The molecule has 0 radical (unpaired) electrons. The van der Waals surface area contributed by atoms with Crippen LogP contribution < -0.4 is 4.90 Å². The molecule has 1 heterocycles. The molecule has 1 aromatic carbocycles. The second-order valence-corrected chi connectivity index (χ2v) is 5.52. The molecule has 0 unspecified atom stereocenters. The standard InChI is InChI=1S/C15H20N2OS/c1-4-13-14(10-18)19-15(16-13)17(5-2)12-8-6-11(3)7-9-12/h6-9,18H,4-5,10H2,1-3H3. The Morgan fingerprint density at radius 3 is 2.37 bits per heavy atom. The van der Waals surface area contributed by atoms with Crippen molar-refractivity contribution in [3.8, 4) is 0 Å². The van der Waals surface area contributed by atoms with Gasteiger partial charge in [0.1, 0.15) is 0 Å². The topological polar surface area (TPSA) is 36.4 Å². The Labute approximate surface area is 118 Å². The molecular formula is C15H20N2OS. The summed E-state index contributed by atoms with van der Waals surface area (Å²) in [6.07, 6.45) is 0.859. The van der Waals surface area contributed by atoms with Gasteiger partial charge < -0.3 is 10.0 Å². The smallest absolute Gasteiger partial charge is 0.190 e. The maximum atomic E-state index is 9.38. The highest BCUT2D eigenvalue weighted by Gasteiger charge is 2.15. The molecule has 1 N–H and O–H groups in total. The van der Waals surface area contributed by atoms with Gasteiger partial charge in [-0.3, -0.25) is 0 Å². The summed E-state index contributed by atoms with van der Waals surface area (Å²) >= 11 is 1.58. The number of hydrogen-bond donors (Lipinski definition) is 1. The van der Waals surface area contributed by atoms with Gasteiger partial charge in [0.25, 0.3) is 0 Å². The minimum Gasteiger partial charge on any atom is -0.391 e. The largest absolute Gasteiger partial charge is 0.391 e. The molecule has 4 heteroatoms. The maximum Gasteiger partial charge on any atom is 0.190 e. The number of aliphatic hydroxyl groups excluding tert-OH is 1. The highest BCUT2D eigenvalue weighted by atomic mass is 32.1. The Morgan fingerprint density at radius 1 is 1.21 bits per heavy atom. The summed E-state index contributed by atoms with van der Waals surface area (Å²) in [6.45, 7) is 7.21. The van der Waals surface area contributed by atoms with Gasteiger partial charge in [-0.05, 0) is 32.4 Å². The quantitative estimate of drug-likeness (QED) is 0.905. The Kier molecular flexibility index (Phi) is 4.56. The van der Waals surface area contributed by atoms with Gasteiger partial charge in [0.05, 0.1) is 17.2 Å². The predicted molar refractivity (Wildman–Crippen MR) is 81.3 cm³/mol. The van der Waals surface area contributed by atoms with Crippen molar-refractivity contribution >= 4 is 22.2 Å². The van der Waals surface area contributed by atoms with Crippen LogP contribution in [0.2, 0.25) is 0 Å². The summed E-state index contributed by atoms with van der Waals surface area (Å²) in [4.78, 5) is 7.81. The molecule has 0 bridgehead atoms. The Bertz CT molecular complexity index is 512. The number of rotatable bonds is 5. The van der Waals surface area contributed by atoms with Crippen molar-refractivity contribution in [1.82, 2.24) is 4.98 Å². The second-order valence-electron chi connectivity index (χ2n) is 4.46. The zero-order valence-electron chi connectivity index (χ0n) is 11.7. The van der Waals surface area contributed by atoms with Gasteiger partial charge in [-0.1, -0.05) is 36.0 Å². The molecule has 0 saturated heterocycles. The molecule has 19 heavy (non-hydrogen) atoms. The van der Waals surface area contributed by atoms with Crippen LogP contribution in [0.1, 0.15) is 30.0 Å². The van der Waals surface area contributed by atoms with E-state index in [2.05, 4.69) is 54.9 Å². The van der Waals surface area contributed by atoms with Crippen LogP contribution in [-0.2, 0) is 13.0 Å². The lowest BCUT2D eigenvalue weighted by atomic mass is 10.2. The lowest BCUT2D eigenvalue weighted by Crippen LogP contribution is -2.15. The third-order valence-electron chi connectivity index (χ3n) is 3.14. The van der Waals surface area contributed by atoms with Crippen LogP contribution in [0.15, 0.2) is 24.3 Å². The molecule has 2 aromatic rings. The molecule has 0 amide bonds. The summed E-state index contributed by atoms with van der Waals surface area (Å²) in [5.74, 6) is 0. The molecule has 102 valence electrons. The number of anilines is 2. The van der Waals surface area contributed by atoms with E-state index in [9.17, 15) is 5.11 Å². The van der Waals surface area contributed by atoms with Crippen LogP contribution >= 0.6 is 11.3 Å². The minimum absolute atomic E-state index is 0.0757. The zero-order valence-corrected chi connectivity index (χ0v) is 12.5. The Balaban J connectivity index is 2.36. The van der Waals surface area contributed by atoms with Gasteiger partial charge in [0.15, 0.2) is 5.13 Å². The molecule has 0 aliphatic heterocycles. The summed E-state index contributed by atoms with van der Waals surface area (Å²) < 4.78 is 0. The van der Waals surface area contributed by atoms with Gasteiger partial charge >= 0.3 is 0 Å². The third-order valence-corrected chi connectivity index (χ3v) is 4.24. The molecule has 1 aromatic heterocycles. The monoisotopic (exact) mass is 276 g/mol. The van der Waals surface area contributed by atoms with E-state index < -0.39 is 0 Å². The van der Waals surface area contributed by atoms with Crippen molar-refractivity contribution in [3.63, 3.8) is 0 Å². The van der Waals surface area contributed by atoms with Crippen molar-refractivity contribution < 1.29 is 5.11 Å². The Morgan fingerprint density at radius 2 is 1.89 bits per heavy atom.